The third-order valence-electron chi connectivity index (χ3n) is 1.81. The molecule has 0 saturated heterocycles. The molecule has 3 nitrogen and oxygen atoms in total. The van der Waals surface area contributed by atoms with E-state index < -0.39 is 0 Å². The molecule has 0 saturated carbocycles. The maximum absolute atomic E-state index is 11.7. The van der Waals surface area contributed by atoms with Crippen LogP contribution in [0.1, 0.15) is 15.5 Å². The van der Waals surface area contributed by atoms with Crippen LogP contribution in [0, 0.1) is 0 Å². The first-order chi connectivity index (χ1) is 7.25. The van der Waals surface area contributed by atoms with E-state index in [4.69, 9.17) is 11.6 Å². The molecule has 0 atom stereocenters. The van der Waals surface area contributed by atoms with Crippen LogP contribution in [0.5, 0.6) is 0 Å². The monoisotopic (exact) mass is 238 g/mol. The van der Waals surface area contributed by atoms with Crippen LogP contribution in [0.2, 0.25) is 5.02 Å². The van der Waals surface area contributed by atoms with Crippen LogP contribution in [-0.2, 0) is 6.42 Å². The van der Waals surface area contributed by atoms with E-state index in [1.807, 2.05) is 5.38 Å². The van der Waals surface area contributed by atoms with Gasteiger partial charge in [-0.1, -0.05) is 11.6 Å². The first kappa shape index (κ1) is 10.3. The zero-order chi connectivity index (χ0) is 10.7. The molecule has 2 rings (SSSR count). The number of carbonyl (C=O) groups excluding carboxylic acids is 1. The van der Waals surface area contributed by atoms with Crippen LogP contribution in [0.4, 0.5) is 0 Å². The van der Waals surface area contributed by atoms with Gasteiger partial charge in [-0.05, 0) is 12.1 Å². The fourth-order valence-corrected chi connectivity index (χ4v) is 1.84. The van der Waals surface area contributed by atoms with Gasteiger partial charge in [0, 0.05) is 17.8 Å². The van der Waals surface area contributed by atoms with Gasteiger partial charge in [-0.3, -0.25) is 9.78 Å². The predicted molar refractivity (Wildman–Crippen MR) is 59.4 cm³/mol. The molecule has 0 amide bonds. The number of thiazole rings is 1. The van der Waals surface area contributed by atoms with Crippen LogP contribution in [0.25, 0.3) is 0 Å². The van der Waals surface area contributed by atoms with Gasteiger partial charge in [0.15, 0.2) is 5.78 Å². The second-order valence-electron chi connectivity index (χ2n) is 2.89. The Hall–Kier alpha value is -1.26. The molecule has 0 aliphatic heterocycles. The lowest BCUT2D eigenvalue weighted by Gasteiger charge is -1.97. The van der Waals surface area contributed by atoms with Crippen molar-refractivity contribution in [3.8, 4) is 0 Å². The number of hydrogen-bond acceptors (Lipinski definition) is 4. The average molecular weight is 239 g/mol. The number of Topliss-reactive ketones (excluding diaryl/α,β-unsaturated/α-hetero) is 1. The van der Waals surface area contributed by atoms with Crippen molar-refractivity contribution in [1.29, 1.82) is 0 Å². The van der Waals surface area contributed by atoms with E-state index in [0.717, 1.165) is 5.01 Å². The average Bonchev–Trinajstić information content (AvgIpc) is 2.71. The van der Waals surface area contributed by atoms with Crippen LogP contribution >= 0.6 is 22.9 Å². The zero-order valence-corrected chi connectivity index (χ0v) is 9.26. The second kappa shape index (κ2) is 4.51. The van der Waals surface area contributed by atoms with E-state index in [0.29, 0.717) is 17.1 Å². The Labute approximate surface area is 95.8 Å². The van der Waals surface area contributed by atoms with Gasteiger partial charge in [0.25, 0.3) is 0 Å². The highest BCUT2D eigenvalue weighted by atomic mass is 35.5. The molecule has 0 unspecified atom stereocenters. The van der Waals surface area contributed by atoms with Gasteiger partial charge in [0.2, 0.25) is 0 Å². The smallest absolute Gasteiger partial charge is 0.187 e. The number of halogens is 1. The number of aromatic nitrogens is 2. The lowest BCUT2D eigenvalue weighted by molar-refractivity contribution is 0.0988. The number of rotatable bonds is 3. The lowest BCUT2D eigenvalue weighted by atomic mass is 10.2. The summed E-state index contributed by atoms with van der Waals surface area (Å²) in [6.07, 6.45) is 3.45. The number of nitrogens with zero attached hydrogens (tertiary/aromatic N) is 2. The highest BCUT2D eigenvalue weighted by Crippen LogP contribution is 2.10. The Morgan fingerprint density at radius 1 is 1.40 bits per heavy atom. The molecule has 2 heterocycles. The summed E-state index contributed by atoms with van der Waals surface area (Å²) >= 11 is 7.14. The number of ketones is 1. The minimum Gasteiger partial charge on any atom is -0.292 e. The minimum atomic E-state index is -0.0402. The summed E-state index contributed by atoms with van der Waals surface area (Å²) in [5.74, 6) is -0.0402. The molecule has 15 heavy (non-hydrogen) atoms. The quantitative estimate of drug-likeness (QED) is 0.772. The molecule has 2 aromatic heterocycles. The van der Waals surface area contributed by atoms with Gasteiger partial charge in [-0.2, -0.15) is 0 Å². The van der Waals surface area contributed by atoms with Crippen molar-refractivity contribution < 1.29 is 4.79 Å². The maximum Gasteiger partial charge on any atom is 0.187 e. The van der Waals surface area contributed by atoms with Crippen LogP contribution in [0.3, 0.4) is 0 Å². The molecule has 0 fully saturated rings. The molecule has 0 radical (unpaired) electrons. The molecule has 5 heteroatoms. The normalized spacial score (nSPS) is 10.2. The molecule has 0 N–H and O–H groups in total. The largest absolute Gasteiger partial charge is 0.292 e. The SMILES string of the molecule is O=C(Cc1nccs1)c1ccc(Cl)cn1. The number of hydrogen-bond donors (Lipinski definition) is 0. The van der Waals surface area contributed by atoms with E-state index in [1.165, 1.54) is 17.5 Å². The highest BCUT2D eigenvalue weighted by Gasteiger charge is 2.09. The third kappa shape index (κ3) is 2.61. The molecule has 2 aromatic rings. The van der Waals surface area contributed by atoms with Crippen LogP contribution < -0.4 is 0 Å². The topological polar surface area (TPSA) is 42.9 Å². The fourth-order valence-electron chi connectivity index (χ4n) is 1.11. The minimum absolute atomic E-state index is 0.0402. The van der Waals surface area contributed by atoms with Crippen molar-refractivity contribution in [2.24, 2.45) is 0 Å². The number of pyridine rings is 1. The first-order valence-electron chi connectivity index (χ1n) is 4.29. The molecule has 0 bridgehead atoms. The maximum atomic E-state index is 11.7. The van der Waals surface area contributed by atoms with Crippen LogP contribution in [0.15, 0.2) is 29.9 Å². The first-order valence-corrected chi connectivity index (χ1v) is 5.54. The van der Waals surface area contributed by atoms with Gasteiger partial charge in [0.1, 0.15) is 10.7 Å². The van der Waals surface area contributed by atoms with Crippen molar-refractivity contribution in [2.45, 2.75) is 6.42 Å². The van der Waals surface area contributed by atoms with E-state index >= 15 is 0 Å². The Kier molecular flexibility index (Phi) is 3.08. The Bertz CT molecular complexity index is 453. The molecular weight excluding hydrogens is 232 g/mol. The number of carbonyl (C=O) groups is 1. The third-order valence-corrected chi connectivity index (χ3v) is 2.81. The van der Waals surface area contributed by atoms with Crippen molar-refractivity contribution in [3.63, 3.8) is 0 Å². The van der Waals surface area contributed by atoms with Gasteiger partial charge in [-0.15, -0.1) is 11.3 Å². The summed E-state index contributed by atoms with van der Waals surface area (Å²) in [5, 5.41) is 3.18. The standard InChI is InChI=1S/C10H7ClN2OS/c11-7-1-2-8(13-6-7)9(14)5-10-12-3-4-15-10/h1-4,6H,5H2. The van der Waals surface area contributed by atoms with E-state index in [1.54, 1.807) is 18.3 Å². The van der Waals surface area contributed by atoms with Crippen molar-refractivity contribution in [2.75, 3.05) is 0 Å². The van der Waals surface area contributed by atoms with Crippen molar-refractivity contribution in [1.82, 2.24) is 9.97 Å². The summed E-state index contributed by atoms with van der Waals surface area (Å²) in [5.41, 5.74) is 0.426. The summed E-state index contributed by atoms with van der Waals surface area (Å²) in [7, 11) is 0. The van der Waals surface area contributed by atoms with Crippen molar-refractivity contribution >= 4 is 28.7 Å². The van der Waals surface area contributed by atoms with E-state index in [-0.39, 0.29) is 5.78 Å². The molecule has 0 aromatic carbocycles. The Balaban J connectivity index is 2.11. The Morgan fingerprint density at radius 2 is 2.27 bits per heavy atom. The molecule has 76 valence electrons. The van der Waals surface area contributed by atoms with Gasteiger partial charge < -0.3 is 0 Å². The molecule has 0 spiro atoms. The van der Waals surface area contributed by atoms with Crippen molar-refractivity contribution in [3.05, 3.63) is 45.6 Å². The summed E-state index contributed by atoms with van der Waals surface area (Å²) in [6.45, 7) is 0. The van der Waals surface area contributed by atoms with E-state index in [9.17, 15) is 4.79 Å². The van der Waals surface area contributed by atoms with Gasteiger partial charge >= 0.3 is 0 Å². The fraction of sp³-hybridized carbons (Fsp3) is 0.100. The zero-order valence-electron chi connectivity index (χ0n) is 7.68. The van der Waals surface area contributed by atoms with Gasteiger partial charge in [0.05, 0.1) is 11.4 Å². The Morgan fingerprint density at radius 3 is 2.87 bits per heavy atom. The van der Waals surface area contributed by atoms with E-state index in [2.05, 4.69) is 9.97 Å². The second-order valence-corrected chi connectivity index (χ2v) is 4.30. The highest BCUT2D eigenvalue weighted by molar-refractivity contribution is 7.09. The summed E-state index contributed by atoms with van der Waals surface area (Å²) in [4.78, 5) is 19.7. The molecule has 0 aliphatic carbocycles. The predicted octanol–water partition coefficient (Wildman–Crippen LogP) is 2.62. The lowest BCUT2D eigenvalue weighted by Crippen LogP contribution is -2.05. The van der Waals surface area contributed by atoms with Crippen LogP contribution in [-0.4, -0.2) is 15.8 Å². The summed E-state index contributed by atoms with van der Waals surface area (Å²) < 4.78 is 0. The molecule has 0 aliphatic rings. The molecular formula is C10H7ClN2OS. The summed E-state index contributed by atoms with van der Waals surface area (Å²) in [6, 6.07) is 3.28. The van der Waals surface area contributed by atoms with Gasteiger partial charge in [-0.25, -0.2) is 4.98 Å².